The molecule has 0 spiro atoms. The van der Waals surface area contributed by atoms with Crippen LogP contribution in [0.3, 0.4) is 0 Å². The highest BCUT2D eigenvalue weighted by Gasteiger charge is 2.22. The third-order valence-corrected chi connectivity index (χ3v) is 4.36. The van der Waals surface area contributed by atoms with Crippen LogP contribution < -0.4 is 10.1 Å². The Labute approximate surface area is 130 Å². The van der Waals surface area contributed by atoms with Crippen molar-refractivity contribution in [2.75, 3.05) is 7.11 Å². The lowest BCUT2D eigenvalue weighted by atomic mass is 9.97. The number of methoxy groups -OCH3 is 1. The van der Waals surface area contributed by atoms with Gasteiger partial charge in [0.2, 0.25) is 0 Å². The number of hydrogen-bond acceptors (Lipinski definition) is 3. The number of halogens is 1. The van der Waals surface area contributed by atoms with E-state index in [-0.39, 0.29) is 0 Å². The van der Waals surface area contributed by atoms with Gasteiger partial charge in [0.05, 0.1) is 36.0 Å². The van der Waals surface area contributed by atoms with Crippen LogP contribution in [0.2, 0.25) is 5.02 Å². The summed E-state index contributed by atoms with van der Waals surface area (Å²) < 4.78 is 7.41. The lowest BCUT2D eigenvalue weighted by Crippen LogP contribution is -2.35. The summed E-state index contributed by atoms with van der Waals surface area (Å²) in [6.45, 7) is 2.23. The van der Waals surface area contributed by atoms with E-state index in [2.05, 4.69) is 21.8 Å². The topological polar surface area (TPSA) is 39.1 Å². The zero-order valence-electron chi connectivity index (χ0n) is 12.3. The molecule has 2 atom stereocenters. The summed E-state index contributed by atoms with van der Waals surface area (Å²) in [5, 5.41) is 4.27. The van der Waals surface area contributed by atoms with Crippen LogP contribution in [0.15, 0.2) is 30.7 Å². The number of nitrogens with zero attached hydrogens (tertiary/aromatic N) is 2. The van der Waals surface area contributed by atoms with Crippen molar-refractivity contribution in [3.05, 3.63) is 41.4 Å². The quantitative estimate of drug-likeness (QED) is 0.939. The normalized spacial score (nSPS) is 22.2. The number of ether oxygens (including phenoxy) is 1. The van der Waals surface area contributed by atoms with E-state index in [4.69, 9.17) is 16.3 Å². The summed E-state index contributed by atoms with van der Waals surface area (Å²) in [7, 11) is 1.63. The van der Waals surface area contributed by atoms with E-state index in [0.29, 0.717) is 22.9 Å². The minimum Gasteiger partial charge on any atom is -0.495 e. The van der Waals surface area contributed by atoms with Crippen LogP contribution in [0.1, 0.15) is 37.9 Å². The number of benzene rings is 1. The molecule has 0 radical (unpaired) electrons. The predicted octanol–water partition coefficient (Wildman–Crippen LogP) is 3.74. The van der Waals surface area contributed by atoms with Gasteiger partial charge in [0.15, 0.2) is 0 Å². The molecular formula is C16H20ClN3O. The molecule has 3 rings (SSSR count). The lowest BCUT2D eigenvalue weighted by molar-refractivity contribution is 0.334. The summed E-state index contributed by atoms with van der Waals surface area (Å²) >= 11 is 6.10. The summed E-state index contributed by atoms with van der Waals surface area (Å²) in [5.74, 6) is 0.679. The van der Waals surface area contributed by atoms with E-state index >= 15 is 0 Å². The minimum atomic E-state index is 0.345. The number of aromatic nitrogens is 2. The second-order valence-electron chi connectivity index (χ2n) is 5.56. The van der Waals surface area contributed by atoms with Crippen LogP contribution in [0.5, 0.6) is 5.75 Å². The van der Waals surface area contributed by atoms with E-state index in [1.807, 2.05) is 30.7 Å². The van der Waals surface area contributed by atoms with Gasteiger partial charge in [0.1, 0.15) is 5.75 Å². The molecule has 1 aliphatic rings. The van der Waals surface area contributed by atoms with E-state index in [9.17, 15) is 0 Å². The molecule has 4 nitrogen and oxygen atoms in total. The second kappa shape index (κ2) is 6.08. The number of hydrogen-bond donors (Lipinski definition) is 1. The first-order valence-electron chi connectivity index (χ1n) is 7.31. The van der Waals surface area contributed by atoms with Crippen LogP contribution >= 0.6 is 11.6 Å². The van der Waals surface area contributed by atoms with E-state index in [0.717, 1.165) is 12.1 Å². The van der Waals surface area contributed by atoms with Crippen molar-refractivity contribution in [2.45, 2.75) is 38.3 Å². The first-order chi connectivity index (χ1) is 10.2. The van der Waals surface area contributed by atoms with Crippen LogP contribution in [-0.2, 0) is 0 Å². The van der Waals surface area contributed by atoms with Crippen LogP contribution in [0.25, 0.3) is 5.69 Å². The summed E-state index contributed by atoms with van der Waals surface area (Å²) in [6.07, 6.45) is 7.41. The SMILES string of the molecule is COc1cc(-n2cncc2C2CCCC(C)N2)ccc1Cl. The Morgan fingerprint density at radius 2 is 2.24 bits per heavy atom. The molecule has 2 heterocycles. The monoisotopic (exact) mass is 305 g/mol. The third kappa shape index (κ3) is 2.92. The standard InChI is InChI=1S/C16H20ClN3O/c1-11-4-3-5-14(19-11)15-9-18-10-20(15)12-6-7-13(17)16(8-12)21-2/h6-11,14,19H,3-5H2,1-2H3. The maximum absolute atomic E-state index is 6.10. The van der Waals surface area contributed by atoms with Crippen LogP contribution in [0.4, 0.5) is 0 Å². The largest absolute Gasteiger partial charge is 0.495 e. The molecule has 1 aliphatic heterocycles. The highest BCUT2D eigenvalue weighted by Crippen LogP contribution is 2.30. The van der Waals surface area contributed by atoms with Gasteiger partial charge in [-0.05, 0) is 38.3 Å². The summed E-state index contributed by atoms with van der Waals surface area (Å²) in [5.41, 5.74) is 2.20. The van der Waals surface area contributed by atoms with Gasteiger partial charge in [-0.15, -0.1) is 0 Å². The number of imidazole rings is 1. The molecule has 1 aromatic heterocycles. The Morgan fingerprint density at radius 3 is 3.00 bits per heavy atom. The van der Waals surface area contributed by atoms with Gasteiger partial charge >= 0.3 is 0 Å². The van der Waals surface area contributed by atoms with Gasteiger partial charge in [0, 0.05) is 18.2 Å². The van der Waals surface area contributed by atoms with Gasteiger partial charge in [-0.25, -0.2) is 4.98 Å². The molecule has 21 heavy (non-hydrogen) atoms. The van der Waals surface area contributed by atoms with Crippen LogP contribution in [-0.4, -0.2) is 22.7 Å². The zero-order chi connectivity index (χ0) is 14.8. The van der Waals surface area contributed by atoms with Crippen molar-refractivity contribution in [1.82, 2.24) is 14.9 Å². The number of piperidine rings is 1. The van der Waals surface area contributed by atoms with Gasteiger partial charge in [0.25, 0.3) is 0 Å². The molecular weight excluding hydrogens is 286 g/mol. The molecule has 1 fully saturated rings. The van der Waals surface area contributed by atoms with Crippen molar-refractivity contribution in [3.8, 4) is 11.4 Å². The average molecular weight is 306 g/mol. The molecule has 1 aromatic carbocycles. The highest BCUT2D eigenvalue weighted by molar-refractivity contribution is 6.32. The Hall–Kier alpha value is -1.52. The van der Waals surface area contributed by atoms with Crippen LogP contribution in [0, 0.1) is 0 Å². The van der Waals surface area contributed by atoms with Crippen molar-refractivity contribution in [1.29, 1.82) is 0 Å². The van der Waals surface area contributed by atoms with Gasteiger partial charge in [-0.1, -0.05) is 11.6 Å². The fraction of sp³-hybridized carbons (Fsp3) is 0.438. The van der Waals surface area contributed by atoms with Crippen molar-refractivity contribution in [2.24, 2.45) is 0 Å². The predicted molar refractivity (Wildman–Crippen MR) is 84.3 cm³/mol. The fourth-order valence-corrected chi connectivity index (χ4v) is 3.14. The maximum Gasteiger partial charge on any atom is 0.139 e. The van der Waals surface area contributed by atoms with Crippen molar-refractivity contribution >= 4 is 11.6 Å². The molecule has 2 unspecified atom stereocenters. The number of rotatable bonds is 3. The fourth-order valence-electron chi connectivity index (χ4n) is 2.95. The number of nitrogens with one attached hydrogen (secondary N) is 1. The summed E-state index contributed by atoms with van der Waals surface area (Å²) in [4.78, 5) is 4.33. The molecule has 2 aromatic rings. The van der Waals surface area contributed by atoms with E-state index < -0.39 is 0 Å². The van der Waals surface area contributed by atoms with E-state index in [1.54, 1.807) is 7.11 Å². The first-order valence-corrected chi connectivity index (χ1v) is 7.69. The molecule has 0 aliphatic carbocycles. The van der Waals surface area contributed by atoms with Gasteiger partial charge < -0.3 is 14.6 Å². The molecule has 5 heteroatoms. The Morgan fingerprint density at radius 1 is 1.38 bits per heavy atom. The molecule has 0 saturated carbocycles. The second-order valence-corrected chi connectivity index (χ2v) is 5.97. The minimum absolute atomic E-state index is 0.345. The van der Waals surface area contributed by atoms with Crippen molar-refractivity contribution < 1.29 is 4.74 Å². The molecule has 1 N–H and O–H groups in total. The first kappa shape index (κ1) is 14.4. The van der Waals surface area contributed by atoms with Gasteiger partial charge in [-0.2, -0.15) is 0 Å². The van der Waals surface area contributed by atoms with Crippen molar-refractivity contribution in [3.63, 3.8) is 0 Å². The lowest BCUT2D eigenvalue weighted by Gasteiger charge is -2.29. The Balaban J connectivity index is 1.95. The average Bonchev–Trinajstić information content (AvgIpc) is 2.97. The highest BCUT2D eigenvalue weighted by atomic mass is 35.5. The maximum atomic E-state index is 6.10. The molecule has 0 amide bonds. The molecule has 112 valence electrons. The van der Waals surface area contributed by atoms with E-state index in [1.165, 1.54) is 18.5 Å². The summed E-state index contributed by atoms with van der Waals surface area (Å²) in [6, 6.07) is 6.68. The third-order valence-electron chi connectivity index (χ3n) is 4.05. The smallest absolute Gasteiger partial charge is 0.139 e. The molecule has 1 saturated heterocycles. The zero-order valence-corrected chi connectivity index (χ0v) is 13.1. The molecule has 0 bridgehead atoms. The Bertz CT molecular complexity index is 626. The van der Waals surface area contributed by atoms with Gasteiger partial charge in [-0.3, -0.25) is 0 Å². The Kier molecular flexibility index (Phi) is 4.17.